The van der Waals surface area contributed by atoms with Crippen LogP contribution in [0.5, 0.6) is 0 Å². The smallest absolute Gasteiger partial charge is 0.194 e. The predicted octanol–water partition coefficient (Wildman–Crippen LogP) is 2.61. The predicted molar refractivity (Wildman–Crippen MR) is 119 cm³/mol. The number of piperazine rings is 1. The van der Waals surface area contributed by atoms with E-state index >= 15 is 0 Å². The first-order valence-electron chi connectivity index (χ1n) is 8.78. The molecule has 8 heteroatoms. The van der Waals surface area contributed by atoms with E-state index in [4.69, 9.17) is 0 Å². The van der Waals surface area contributed by atoms with Gasteiger partial charge in [-0.1, -0.05) is 6.07 Å². The summed E-state index contributed by atoms with van der Waals surface area (Å²) in [7, 11) is 3.86. The van der Waals surface area contributed by atoms with Crippen molar-refractivity contribution in [2.45, 2.75) is 26.9 Å². The minimum atomic E-state index is 0. The van der Waals surface area contributed by atoms with E-state index in [0.717, 1.165) is 50.9 Å². The highest BCUT2D eigenvalue weighted by Gasteiger charge is 2.20. The summed E-state index contributed by atoms with van der Waals surface area (Å²) in [5.74, 6) is 0.985. The third kappa shape index (κ3) is 4.98. The molecule has 1 aliphatic heterocycles. The van der Waals surface area contributed by atoms with Crippen LogP contribution in [0.3, 0.4) is 0 Å². The Morgan fingerprint density at radius 2 is 2.00 bits per heavy atom. The molecule has 0 radical (unpaired) electrons. The van der Waals surface area contributed by atoms with Crippen LogP contribution in [-0.2, 0) is 20.1 Å². The monoisotopic (exact) mass is 488 g/mol. The Labute approximate surface area is 177 Å². The van der Waals surface area contributed by atoms with E-state index in [1.807, 2.05) is 30.1 Å². The highest BCUT2D eigenvalue weighted by Crippen LogP contribution is 2.14. The molecule has 2 aromatic rings. The van der Waals surface area contributed by atoms with Crippen molar-refractivity contribution < 1.29 is 0 Å². The molecule has 0 bridgehead atoms. The van der Waals surface area contributed by atoms with Crippen molar-refractivity contribution in [2.75, 3.05) is 33.2 Å². The zero-order valence-electron chi connectivity index (χ0n) is 16.0. The molecule has 2 aromatic heterocycles. The number of nitrogens with zero attached hydrogens (tertiary/aromatic N) is 5. The van der Waals surface area contributed by atoms with E-state index in [-0.39, 0.29) is 24.0 Å². The summed E-state index contributed by atoms with van der Waals surface area (Å²) in [5.41, 5.74) is 3.56. The van der Waals surface area contributed by atoms with E-state index in [9.17, 15) is 0 Å². The largest absolute Gasteiger partial charge is 0.352 e. The summed E-state index contributed by atoms with van der Waals surface area (Å²) in [6, 6.07) is 4.35. The second kappa shape index (κ2) is 9.70. The van der Waals surface area contributed by atoms with Gasteiger partial charge >= 0.3 is 0 Å². The van der Waals surface area contributed by atoms with Crippen LogP contribution in [0.15, 0.2) is 22.5 Å². The van der Waals surface area contributed by atoms with Gasteiger partial charge in [0.05, 0.1) is 5.69 Å². The summed E-state index contributed by atoms with van der Waals surface area (Å²) >= 11 is 1.84. The summed E-state index contributed by atoms with van der Waals surface area (Å²) in [6.45, 7) is 10.2. The van der Waals surface area contributed by atoms with Crippen molar-refractivity contribution in [1.82, 2.24) is 24.9 Å². The van der Waals surface area contributed by atoms with Crippen LogP contribution in [0.1, 0.15) is 21.8 Å². The molecule has 1 N–H and O–H groups in total. The Morgan fingerprint density at radius 3 is 2.54 bits per heavy atom. The van der Waals surface area contributed by atoms with Crippen molar-refractivity contribution in [3.63, 3.8) is 0 Å². The number of hydrogen-bond donors (Lipinski definition) is 1. The molecule has 1 saturated heterocycles. The highest BCUT2D eigenvalue weighted by molar-refractivity contribution is 14.0. The van der Waals surface area contributed by atoms with Gasteiger partial charge in [-0.2, -0.15) is 5.10 Å². The average molecular weight is 488 g/mol. The molecule has 1 aliphatic rings. The van der Waals surface area contributed by atoms with Gasteiger partial charge in [-0.25, -0.2) is 0 Å². The average Bonchev–Trinajstić information content (AvgIpc) is 3.20. The van der Waals surface area contributed by atoms with E-state index in [1.165, 1.54) is 16.1 Å². The summed E-state index contributed by atoms with van der Waals surface area (Å²) in [6.07, 6.45) is 0. The lowest BCUT2D eigenvalue weighted by molar-refractivity contribution is 0.173. The highest BCUT2D eigenvalue weighted by atomic mass is 127. The van der Waals surface area contributed by atoms with Gasteiger partial charge in [0, 0.05) is 69.5 Å². The first kappa shape index (κ1) is 21.2. The zero-order chi connectivity index (χ0) is 17.8. The molecule has 0 spiro atoms. The van der Waals surface area contributed by atoms with E-state index in [0.29, 0.717) is 0 Å². The topological polar surface area (TPSA) is 48.7 Å². The van der Waals surface area contributed by atoms with Gasteiger partial charge in [0.25, 0.3) is 0 Å². The maximum Gasteiger partial charge on any atom is 0.194 e. The Bertz CT molecular complexity index is 716. The SMILES string of the molecule is CN=C(NCc1c(C)nn(C)c1C)N1CCN(Cc2cccs2)CC1.I. The van der Waals surface area contributed by atoms with Crippen LogP contribution >= 0.6 is 35.3 Å². The molecule has 0 amide bonds. The van der Waals surface area contributed by atoms with Gasteiger partial charge in [-0.05, 0) is 25.3 Å². The maximum atomic E-state index is 4.49. The van der Waals surface area contributed by atoms with Gasteiger partial charge in [-0.15, -0.1) is 35.3 Å². The zero-order valence-corrected chi connectivity index (χ0v) is 19.2. The van der Waals surface area contributed by atoms with Gasteiger partial charge in [0.1, 0.15) is 0 Å². The number of guanidine groups is 1. The third-order valence-corrected chi connectivity index (χ3v) is 5.79. The minimum Gasteiger partial charge on any atom is -0.352 e. The normalized spacial score (nSPS) is 15.8. The van der Waals surface area contributed by atoms with Crippen LogP contribution in [0.4, 0.5) is 0 Å². The number of halogens is 1. The quantitative estimate of drug-likeness (QED) is 0.409. The molecule has 3 rings (SSSR count). The third-order valence-electron chi connectivity index (χ3n) is 4.93. The van der Waals surface area contributed by atoms with Gasteiger partial charge in [0.2, 0.25) is 0 Å². The van der Waals surface area contributed by atoms with E-state index < -0.39 is 0 Å². The Morgan fingerprint density at radius 1 is 1.27 bits per heavy atom. The van der Waals surface area contributed by atoms with Crippen molar-refractivity contribution in [2.24, 2.45) is 12.0 Å². The lowest BCUT2D eigenvalue weighted by atomic mass is 10.2. The van der Waals surface area contributed by atoms with Crippen LogP contribution < -0.4 is 5.32 Å². The molecule has 0 aromatic carbocycles. The molecule has 3 heterocycles. The molecular weight excluding hydrogens is 459 g/mol. The maximum absolute atomic E-state index is 4.49. The standard InChI is InChI=1S/C18H28N6S.HI/c1-14-17(15(2)22(4)21-14)12-20-18(19-3)24-9-7-23(8-10-24)13-16-6-5-11-25-16;/h5-6,11H,7-10,12-13H2,1-4H3,(H,19,20);1H. The summed E-state index contributed by atoms with van der Waals surface area (Å²) in [5, 5.41) is 10.2. The number of aryl methyl sites for hydroxylation is 2. The number of rotatable bonds is 4. The van der Waals surface area contributed by atoms with Crippen molar-refractivity contribution in [1.29, 1.82) is 0 Å². The molecule has 6 nitrogen and oxygen atoms in total. The molecule has 0 aliphatic carbocycles. The number of nitrogens with one attached hydrogen (secondary N) is 1. The molecule has 0 atom stereocenters. The van der Waals surface area contributed by atoms with Crippen LogP contribution in [0.2, 0.25) is 0 Å². The van der Waals surface area contributed by atoms with Gasteiger partial charge < -0.3 is 10.2 Å². The fourth-order valence-electron chi connectivity index (χ4n) is 3.31. The molecule has 1 fully saturated rings. The number of aromatic nitrogens is 2. The number of hydrogen-bond acceptors (Lipinski definition) is 4. The van der Waals surface area contributed by atoms with E-state index in [1.54, 1.807) is 0 Å². The molecular formula is C18H29IN6S. The lowest BCUT2D eigenvalue weighted by Gasteiger charge is -2.36. The second-order valence-corrected chi connectivity index (χ2v) is 7.55. The van der Waals surface area contributed by atoms with Gasteiger partial charge in [0.15, 0.2) is 5.96 Å². The minimum absolute atomic E-state index is 0. The molecule has 0 saturated carbocycles. The number of aliphatic imine (C=N–C) groups is 1. The summed E-state index contributed by atoms with van der Waals surface area (Å²) < 4.78 is 1.94. The van der Waals surface area contributed by atoms with Crippen LogP contribution in [0.25, 0.3) is 0 Å². The first-order valence-corrected chi connectivity index (χ1v) is 9.66. The van der Waals surface area contributed by atoms with Crippen LogP contribution in [-0.4, -0.2) is 58.8 Å². The Balaban J connectivity index is 0.00000243. The fourth-order valence-corrected chi connectivity index (χ4v) is 4.06. The molecule has 0 unspecified atom stereocenters. The van der Waals surface area contributed by atoms with Crippen molar-refractivity contribution >= 4 is 41.3 Å². The summed E-state index contributed by atoms with van der Waals surface area (Å²) in [4.78, 5) is 10.8. The van der Waals surface area contributed by atoms with Crippen LogP contribution in [0, 0.1) is 13.8 Å². The Kier molecular flexibility index (Phi) is 7.90. The number of thiophene rings is 1. The van der Waals surface area contributed by atoms with E-state index in [2.05, 4.69) is 56.6 Å². The Hall–Kier alpha value is -1.13. The molecule has 26 heavy (non-hydrogen) atoms. The van der Waals surface area contributed by atoms with Crippen molar-refractivity contribution in [3.8, 4) is 0 Å². The lowest BCUT2D eigenvalue weighted by Crippen LogP contribution is -2.52. The second-order valence-electron chi connectivity index (χ2n) is 6.52. The van der Waals surface area contributed by atoms with Gasteiger partial charge in [-0.3, -0.25) is 14.6 Å². The van der Waals surface area contributed by atoms with Crippen molar-refractivity contribution in [3.05, 3.63) is 39.3 Å². The first-order chi connectivity index (χ1) is 12.1. The molecule has 144 valence electrons. The fraction of sp³-hybridized carbons (Fsp3) is 0.556.